The van der Waals surface area contributed by atoms with Gasteiger partial charge in [0.2, 0.25) is 0 Å². The van der Waals surface area contributed by atoms with Crippen LogP contribution in [0.3, 0.4) is 0 Å². The second kappa shape index (κ2) is 6.57. The molecule has 0 radical (unpaired) electrons. The summed E-state index contributed by atoms with van der Waals surface area (Å²) in [6.07, 6.45) is 2.85. The lowest BCUT2D eigenvalue weighted by Gasteiger charge is -2.32. The first-order chi connectivity index (χ1) is 9.69. The summed E-state index contributed by atoms with van der Waals surface area (Å²) >= 11 is 0. The van der Waals surface area contributed by atoms with Crippen molar-refractivity contribution in [2.45, 2.75) is 26.3 Å². The second-order valence-corrected chi connectivity index (χ2v) is 5.01. The molecule has 2 rings (SSSR count). The third-order valence-electron chi connectivity index (χ3n) is 3.77. The maximum Gasteiger partial charge on any atom is 0.0724 e. The van der Waals surface area contributed by atoms with E-state index in [1.54, 1.807) is 13.3 Å². The van der Waals surface area contributed by atoms with Gasteiger partial charge in [0.05, 0.1) is 23.5 Å². The number of nitrogens with zero attached hydrogens (tertiary/aromatic N) is 2. The number of methoxy groups -OCH3 is 1. The highest BCUT2D eigenvalue weighted by Crippen LogP contribution is 2.31. The lowest BCUT2D eigenvalue weighted by molar-refractivity contribution is 0.203. The van der Waals surface area contributed by atoms with Crippen molar-refractivity contribution < 1.29 is 4.74 Å². The predicted molar refractivity (Wildman–Crippen MR) is 85.1 cm³/mol. The van der Waals surface area contributed by atoms with Crippen LogP contribution < -0.4 is 10.6 Å². The minimum Gasteiger partial charge on any atom is -0.396 e. The quantitative estimate of drug-likeness (QED) is 0.822. The van der Waals surface area contributed by atoms with Gasteiger partial charge in [-0.2, -0.15) is 0 Å². The van der Waals surface area contributed by atoms with E-state index in [9.17, 15) is 0 Å². The average Bonchev–Trinajstić information content (AvgIpc) is 2.49. The topological polar surface area (TPSA) is 51.4 Å². The van der Waals surface area contributed by atoms with Gasteiger partial charge in [0.1, 0.15) is 0 Å². The van der Waals surface area contributed by atoms with Crippen molar-refractivity contribution in [1.29, 1.82) is 0 Å². The summed E-state index contributed by atoms with van der Waals surface area (Å²) in [5.74, 6) is 0. The third-order valence-corrected chi connectivity index (χ3v) is 3.77. The van der Waals surface area contributed by atoms with Gasteiger partial charge in [-0.1, -0.05) is 6.92 Å². The van der Waals surface area contributed by atoms with Gasteiger partial charge in [-0.15, -0.1) is 0 Å². The standard InChI is InChI=1S/C16H23N3O/c1-4-12(2)19(10-11-20-3)15-8-7-14-13(16(15)17)6-5-9-18-14/h5-9,12H,4,10-11,17H2,1-3H3. The molecule has 1 aromatic carbocycles. The number of nitrogens with two attached hydrogens (primary N) is 1. The molecule has 0 saturated carbocycles. The molecule has 1 heterocycles. The lowest BCUT2D eigenvalue weighted by Crippen LogP contribution is -2.36. The fourth-order valence-electron chi connectivity index (χ4n) is 2.40. The first kappa shape index (κ1) is 14.6. The van der Waals surface area contributed by atoms with Gasteiger partial charge in [0.25, 0.3) is 0 Å². The summed E-state index contributed by atoms with van der Waals surface area (Å²) in [7, 11) is 1.72. The Morgan fingerprint density at radius 2 is 2.15 bits per heavy atom. The highest BCUT2D eigenvalue weighted by Gasteiger charge is 2.16. The fourth-order valence-corrected chi connectivity index (χ4v) is 2.40. The highest BCUT2D eigenvalue weighted by atomic mass is 16.5. The van der Waals surface area contributed by atoms with Crippen molar-refractivity contribution in [2.75, 3.05) is 30.9 Å². The molecule has 0 amide bonds. The zero-order chi connectivity index (χ0) is 14.5. The molecule has 1 aromatic heterocycles. The van der Waals surface area contributed by atoms with Crippen molar-refractivity contribution in [3.63, 3.8) is 0 Å². The first-order valence-electron chi connectivity index (χ1n) is 7.07. The molecular formula is C16H23N3O. The van der Waals surface area contributed by atoms with Crippen molar-refractivity contribution in [2.24, 2.45) is 0 Å². The van der Waals surface area contributed by atoms with Crippen LogP contribution in [0.15, 0.2) is 30.5 Å². The van der Waals surface area contributed by atoms with Crippen molar-refractivity contribution in [3.05, 3.63) is 30.5 Å². The molecule has 0 spiro atoms. The molecule has 2 aromatic rings. The molecule has 0 saturated heterocycles. The Kier molecular flexibility index (Phi) is 4.79. The lowest BCUT2D eigenvalue weighted by atomic mass is 10.1. The molecule has 1 unspecified atom stereocenters. The Bertz CT molecular complexity index is 571. The Morgan fingerprint density at radius 1 is 1.35 bits per heavy atom. The first-order valence-corrected chi connectivity index (χ1v) is 7.07. The van der Waals surface area contributed by atoms with E-state index in [0.717, 1.165) is 35.2 Å². The molecule has 0 fully saturated rings. The summed E-state index contributed by atoms with van der Waals surface area (Å²) in [6.45, 7) is 5.92. The number of anilines is 2. The number of hydrogen-bond acceptors (Lipinski definition) is 4. The van der Waals surface area contributed by atoms with Crippen LogP contribution in [0.2, 0.25) is 0 Å². The van der Waals surface area contributed by atoms with E-state index >= 15 is 0 Å². The average molecular weight is 273 g/mol. The van der Waals surface area contributed by atoms with Crippen LogP contribution in [0.4, 0.5) is 11.4 Å². The molecule has 108 valence electrons. The van der Waals surface area contributed by atoms with Gasteiger partial charge < -0.3 is 15.4 Å². The normalized spacial score (nSPS) is 12.6. The van der Waals surface area contributed by atoms with Crippen LogP contribution in [0.5, 0.6) is 0 Å². The van der Waals surface area contributed by atoms with Crippen LogP contribution in [-0.4, -0.2) is 31.3 Å². The number of nitrogen functional groups attached to an aromatic ring is 1. The van der Waals surface area contributed by atoms with E-state index in [4.69, 9.17) is 10.5 Å². The van der Waals surface area contributed by atoms with Gasteiger partial charge in [0.15, 0.2) is 0 Å². The number of fused-ring (bicyclic) bond motifs is 1. The minimum absolute atomic E-state index is 0.418. The number of aromatic nitrogens is 1. The van der Waals surface area contributed by atoms with Crippen LogP contribution in [0.1, 0.15) is 20.3 Å². The molecular weight excluding hydrogens is 250 g/mol. The monoisotopic (exact) mass is 273 g/mol. The SMILES string of the molecule is CCC(C)N(CCOC)c1ccc2ncccc2c1N. The molecule has 1 atom stereocenters. The van der Waals surface area contributed by atoms with E-state index in [2.05, 4.69) is 29.8 Å². The summed E-state index contributed by atoms with van der Waals surface area (Å²) < 4.78 is 5.22. The van der Waals surface area contributed by atoms with Crippen molar-refractivity contribution in [1.82, 2.24) is 4.98 Å². The van der Waals surface area contributed by atoms with E-state index in [1.165, 1.54) is 0 Å². The van der Waals surface area contributed by atoms with Crippen molar-refractivity contribution >= 4 is 22.3 Å². The second-order valence-electron chi connectivity index (χ2n) is 5.01. The molecule has 20 heavy (non-hydrogen) atoms. The molecule has 0 aliphatic carbocycles. The van der Waals surface area contributed by atoms with E-state index < -0.39 is 0 Å². The van der Waals surface area contributed by atoms with Gasteiger partial charge in [-0.25, -0.2) is 0 Å². The largest absolute Gasteiger partial charge is 0.396 e. The van der Waals surface area contributed by atoms with Crippen molar-refractivity contribution in [3.8, 4) is 0 Å². The third kappa shape index (κ3) is 2.85. The number of pyridine rings is 1. The van der Waals surface area contributed by atoms with E-state index in [-0.39, 0.29) is 0 Å². The summed E-state index contributed by atoms with van der Waals surface area (Å²) in [5.41, 5.74) is 9.16. The molecule has 0 aliphatic rings. The molecule has 0 aliphatic heterocycles. The van der Waals surface area contributed by atoms with Crippen LogP contribution in [0.25, 0.3) is 10.9 Å². The Labute approximate surface area is 120 Å². The number of benzene rings is 1. The Morgan fingerprint density at radius 3 is 2.85 bits per heavy atom. The maximum atomic E-state index is 6.36. The maximum absolute atomic E-state index is 6.36. The number of hydrogen-bond donors (Lipinski definition) is 1. The van der Waals surface area contributed by atoms with E-state index in [0.29, 0.717) is 12.6 Å². The minimum atomic E-state index is 0.418. The Balaban J connectivity index is 2.44. The molecule has 4 nitrogen and oxygen atoms in total. The molecule has 4 heteroatoms. The summed E-state index contributed by atoms with van der Waals surface area (Å²) in [5, 5.41) is 1.01. The van der Waals surface area contributed by atoms with Gasteiger partial charge in [-0.3, -0.25) is 4.98 Å². The summed E-state index contributed by atoms with van der Waals surface area (Å²) in [6, 6.07) is 8.45. The van der Waals surface area contributed by atoms with Crippen LogP contribution in [0, 0.1) is 0 Å². The number of ether oxygens (including phenoxy) is 1. The highest BCUT2D eigenvalue weighted by molar-refractivity contribution is 5.97. The van der Waals surface area contributed by atoms with Crippen LogP contribution in [-0.2, 0) is 4.74 Å². The predicted octanol–water partition coefficient (Wildman–Crippen LogP) is 3.07. The number of rotatable bonds is 6. The Hall–Kier alpha value is -1.81. The molecule has 0 bridgehead atoms. The summed E-state index contributed by atoms with van der Waals surface area (Å²) in [4.78, 5) is 6.66. The molecule has 2 N–H and O–H groups in total. The zero-order valence-electron chi connectivity index (χ0n) is 12.5. The fraction of sp³-hybridized carbons (Fsp3) is 0.438. The van der Waals surface area contributed by atoms with Gasteiger partial charge >= 0.3 is 0 Å². The zero-order valence-corrected chi connectivity index (χ0v) is 12.5. The van der Waals surface area contributed by atoms with Gasteiger partial charge in [-0.05, 0) is 37.6 Å². The van der Waals surface area contributed by atoms with Crippen LogP contribution >= 0.6 is 0 Å². The van der Waals surface area contributed by atoms with E-state index in [1.807, 2.05) is 18.2 Å². The smallest absolute Gasteiger partial charge is 0.0724 e. The van der Waals surface area contributed by atoms with Gasteiger partial charge in [0, 0.05) is 31.3 Å².